The lowest BCUT2D eigenvalue weighted by Crippen LogP contribution is -2.50. The Labute approximate surface area is 143 Å². The number of para-hydroxylation sites is 1. The molecular formula is C20H19ClOSi. The molecule has 0 radical (unpaired) electrons. The minimum absolute atomic E-state index is 0.824. The number of ether oxygens (including phenoxy) is 1. The number of aryl methyl sites for hydroxylation is 1. The van der Waals surface area contributed by atoms with Crippen molar-refractivity contribution in [3.63, 3.8) is 0 Å². The summed E-state index contributed by atoms with van der Waals surface area (Å²) in [6.07, 6.45) is 0. The van der Waals surface area contributed by atoms with Crippen molar-refractivity contribution >= 4 is 28.8 Å². The highest BCUT2D eigenvalue weighted by atomic mass is 35.6. The van der Waals surface area contributed by atoms with Crippen molar-refractivity contribution in [1.82, 2.24) is 0 Å². The van der Waals surface area contributed by atoms with E-state index < -0.39 is 7.38 Å². The van der Waals surface area contributed by atoms with E-state index in [4.69, 9.17) is 15.8 Å². The highest BCUT2D eigenvalue weighted by molar-refractivity contribution is 7.33. The van der Waals surface area contributed by atoms with Gasteiger partial charge in [-0.1, -0.05) is 60.2 Å². The maximum atomic E-state index is 6.95. The Balaban J connectivity index is 1.82. The van der Waals surface area contributed by atoms with Crippen LogP contribution in [0.5, 0.6) is 11.5 Å². The zero-order valence-corrected chi connectivity index (χ0v) is 15.0. The zero-order valence-electron chi connectivity index (χ0n) is 13.3. The molecule has 0 saturated heterocycles. The fraction of sp³-hybridized carbons (Fsp3) is 0.100. The SMILES string of the molecule is Cc1ccc([Si](C)(Cl)c2ccc(Oc3ccccc3)cc2)cc1. The van der Waals surface area contributed by atoms with Crippen molar-refractivity contribution in [1.29, 1.82) is 0 Å². The van der Waals surface area contributed by atoms with E-state index in [1.54, 1.807) is 0 Å². The molecule has 0 saturated carbocycles. The Kier molecular flexibility index (Phi) is 4.55. The van der Waals surface area contributed by atoms with E-state index in [9.17, 15) is 0 Å². The smallest absolute Gasteiger partial charge is 0.214 e. The molecule has 116 valence electrons. The molecule has 0 aliphatic rings. The van der Waals surface area contributed by atoms with Gasteiger partial charge in [-0.25, -0.2) is 0 Å². The average molecular weight is 339 g/mol. The first kappa shape index (κ1) is 15.8. The van der Waals surface area contributed by atoms with Gasteiger partial charge in [0.15, 0.2) is 0 Å². The summed E-state index contributed by atoms with van der Waals surface area (Å²) in [6.45, 7) is 4.25. The van der Waals surface area contributed by atoms with Crippen LogP contribution in [0.3, 0.4) is 0 Å². The molecule has 0 aliphatic carbocycles. The molecule has 0 amide bonds. The normalized spacial score (nSPS) is 13.3. The van der Waals surface area contributed by atoms with Crippen molar-refractivity contribution in [3.05, 3.63) is 84.4 Å². The topological polar surface area (TPSA) is 9.23 Å². The van der Waals surface area contributed by atoms with E-state index in [-0.39, 0.29) is 0 Å². The third kappa shape index (κ3) is 3.66. The molecule has 0 N–H and O–H groups in total. The number of hydrogen-bond acceptors (Lipinski definition) is 1. The van der Waals surface area contributed by atoms with Crippen LogP contribution < -0.4 is 15.1 Å². The standard InChI is InChI=1S/C20H19ClOSi/c1-16-8-12-19(13-9-16)23(2,21)20-14-10-18(11-15-20)22-17-6-4-3-5-7-17/h3-15H,1-2H3. The molecule has 0 aromatic heterocycles. The molecule has 0 heterocycles. The lowest BCUT2D eigenvalue weighted by atomic mass is 10.2. The second kappa shape index (κ2) is 6.61. The molecule has 0 bridgehead atoms. The molecule has 1 unspecified atom stereocenters. The molecular weight excluding hydrogens is 320 g/mol. The van der Waals surface area contributed by atoms with Gasteiger partial charge in [0.2, 0.25) is 7.38 Å². The molecule has 3 aromatic carbocycles. The van der Waals surface area contributed by atoms with Gasteiger partial charge in [0.25, 0.3) is 0 Å². The van der Waals surface area contributed by atoms with Gasteiger partial charge in [0.05, 0.1) is 0 Å². The van der Waals surface area contributed by atoms with Crippen LogP contribution in [0.25, 0.3) is 0 Å². The Morgan fingerprint density at radius 1 is 0.696 bits per heavy atom. The predicted octanol–water partition coefficient (Wildman–Crippen LogP) is 4.72. The summed E-state index contributed by atoms with van der Waals surface area (Å²) in [5.41, 5.74) is 1.25. The molecule has 23 heavy (non-hydrogen) atoms. The second-order valence-electron chi connectivity index (χ2n) is 5.81. The summed E-state index contributed by atoms with van der Waals surface area (Å²) in [4.78, 5) is 0. The summed E-state index contributed by atoms with van der Waals surface area (Å²) in [7, 11) is -2.18. The van der Waals surface area contributed by atoms with Gasteiger partial charge in [0.1, 0.15) is 11.5 Å². The summed E-state index contributed by atoms with van der Waals surface area (Å²) in [5, 5.41) is 2.41. The fourth-order valence-electron chi connectivity index (χ4n) is 2.49. The molecule has 3 heteroatoms. The van der Waals surface area contributed by atoms with Crippen LogP contribution in [0.15, 0.2) is 78.9 Å². The largest absolute Gasteiger partial charge is 0.457 e. The van der Waals surface area contributed by atoms with E-state index in [0.717, 1.165) is 11.5 Å². The number of rotatable bonds is 4. The molecule has 0 aliphatic heterocycles. The van der Waals surface area contributed by atoms with E-state index in [1.165, 1.54) is 15.9 Å². The van der Waals surface area contributed by atoms with E-state index in [2.05, 4.69) is 49.9 Å². The lowest BCUT2D eigenvalue weighted by Gasteiger charge is -2.21. The van der Waals surface area contributed by atoms with Crippen LogP contribution in [-0.2, 0) is 0 Å². The summed E-state index contributed by atoms with van der Waals surface area (Å²) in [6, 6.07) is 26.5. The van der Waals surface area contributed by atoms with Crippen molar-refractivity contribution in [2.75, 3.05) is 0 Å². The van der Waals surface area contributed by atoms with Gasteiger partial charge < -0.3 is 4.74 Å². The number of benzene rings is 3. The minimum atomic E-state index is -2.18. The highest BCUT2D eigenvalue weighted by Crippen LogP contribution is 2.21. The Morgan fingerprint density at radius 3 is 1.74 bits per heavy atom. The van der Waals surface area contributed by atoms with Gasteiger partial charge >= 0.3 is 0 Å². The summed E-state index contributed by atoms with van der Waals surface area (Å²) >= 11 is 6.95. The van der Waals surface area contributed by atoms with Gasteiger partial charge in [-0.05, 0) is 48.1 Å². The van der Waals surface area contributed by atoms with Crippen molar-refractivity contribution in [2.45, 2.75) is 13.5 Å². The predicted molar refractivity (Wildman–Crippen MR) is 101 cm³/mol. The molecule has 0 fully saturated rings. The summed E-state index contributed by atoms with van der Waals surface area (Å²) in [5.74, 6) is 1.66. The first-order chi connectivity index (χ1) is 11.1. The molecule has 1 atom stereocenters. The maximum absolute atomic E-state index is 6.95. The monoisotopic (exact) mass is 338 g/mol. The molecule has 3 rings (SSSR count). The highest BCUT2D eigenvalue weighted by Gasteiger charge is 2.29. The van der Waals surface area contributed by atoms with Crippen LogP contribution in [0.2, 0.25) is 6.55 Å². The molecule has 1 nitrogen and oxygen atoms in total. The van der Waals surface area contributed by atoms with Gasteiger partial charge in [0, 0.05) is 0 Å². The van der Waals surface area contributed by atoms with Crippen LogP contribution in [0.4, 0.5) is 0 Å². The first-order valence-corrected chi connectivity index (χ1v) is 11.2. The zero-order chi connectivity index (χ0) is 16.3. The van der Waals surface area contributed by atoms with Crippen LogP contribution in [0.1, 0.15) is 5.56 Å². The van der Waals surface area contributed by atoms with Crippen molar-refractivity contribution in [2.24, 2.45) is 0 Å². The number of hydrogen-bond donors (Lipinski definition) is 0. The Morgan fingerprint density at radius 2 is 1.17 bits per heavy atom. The third-order valence-electron chi connectivity index (χ3n) is 3.97. The van der Waals surface area contributed by atoms with Crippen LogP contribution in [0, 0.1) is 6.92 Å². The number of halogens is 1. The Bertz CT molecular complexity index is 765. The van der Waals surface area contributed by atoms with Gasteiger partial charge in [-0.3, -0.25) is 0 Å². The van der Waals surface area contributed by atoms with Gasteiger partial charge in [-0.15, -0.1) is 0 Å². The van der Waals surface area contributed by atoms with E-state index >= 15 is 0 Å². The Hall–Kier alpha value is -2.03. The quantitative estimate of drug-likeness (QED) is 0.494. The second-order valence-corrected chi connectivity index (χ2v) is 11.2. The van der Waals surface area contributed by atoms with Crippen molar-refractivity contribution in [3.8, 4) is 11.5 Å². The van der Waals surface area contributed by atoms with E-state index in [1.807, 2.05) is 42.5 Å². The lowest BCUT2D eigenvalue weighted by molar-refractivity contribution is 0.483. The van der Waals surface area contributed by atoms with Crippen LogP contribution >= 0.6 is 11.1 Å². The molecule has 3 aromatic rings. The summed E-state index contributed by atoms with van der Waals surface area (Å²) < 4.78 is 5.84. The fourth-order valence-corrected chi connectivity index (χ4v) is 5.17. The van der Waals surface area contributed by atoms with Crippen molar-refractivity contribution < 1.29 is 4.74 Å². The van der Waals surface area contributed by atoms with Gasteiger partial charge in [-0.2, -0.15) is 11.1 Å². The third-order valence-corrected chi connectivity index (χ3v) is 8.11. The average Bonchev–Trinajstić information content (AvgIpc) is 2.57. The molecule has 0 spiro atoms. The van der Waals surface area contributed by atoms with Crippen LogP contribution in [-0.4, -0.2) is 7.38 Å². The minimum Gasteiger partial charge on any atom is -0.457 e. The maximum Gasteiger partial charge on any atom is 0.214 e. The first-order valence-electron chi connectivity index (χ1n) is 7.65. The van der Waals surface area contributed by atoms with E-state index in [0.29, 0.717) is 0 Å².